The van der Waals surface area contributed by atoms with Gasteiger partial charge in [-0.05, 0) is 44.9 Å². The second kappa shape index (κ2) is 21.4. The highest BCUT2D eigenvalue weighted by atomic mass is 16.7. The first-order chi connectivity index (χ1) is 12.8. The monoisotopic (exact) mass is 363 g/mol. The third-order valence-corrected chi connectivity index (χ3v) is 3.61. The highest BCUT2D eigenvalue weighted by molar-refractivity contribution is 5.68. The fourth-order valence-electron chi connectivity index (χ4n) is 2.15. The first-order valence-corrected chi connectivity index (χ1v) is 9.94. The molecule has 0 bridgehead atoms. The zero-order chi connectivity index (χ0) is 19.1. The molecular formula is C22H37NO3. The van der Waals surface area contributed by atoms with Gasteiger partial charge in [-0.3, -0.25) is 4.79 Å². The van der Waals surface area contributed by atoms with Crippen molar-refractivity contribution >= 4 is 5.97 Å². The largest absolute Gasteiger partial charge is 0.395 e. The molecule has 0 fully saturated rings. The van der Waals surface area contributed by atoms with Crippen LogP contribution in [0.15, 0.2) is 48.6 Å². The maximum atomic E-state index is 11.3. The van der Waals surface area contributed by atoms with Gasteiger partial charge in [0.15, 0.2) is 0 Å². The number of nitrogens with one attached hydrogen (secondary N) is 1. The third kappa shape index (κ3) is 20.4. The van der Waals surface area contributed by atoms with Gasteiger partial charge in [0.25, 0.3) is 0 Å². The molecule has 4 heteroatoms. The molecule has 26 heavy (non-hydrogen) atoms. The molecule has 0 aliphatic carbocycles. The number of hydrogen-bond acceptors (Lipinski definition) is 4. The summed E-state index contributed by atoms with van der Waals surface area (Å²) in [6.07, 6.45) is 27.6. The number of carbonyl (C=O) groups excluding carboxylic acids is 1. The smallest absolute Gasteiger partial charge is 0.324 e. The van der Waals surface area contributed by atoms with Crippen LogP contribution in [0.5, 0.6) is 0 Å². The lowest BCUT2D eigenvalue weighted by molar-refractivity contribution is -0.151. The first-order valence-electron chi connectivity index (χ1n) is 9.94. The molecule has 0 saturated carbocycles. The summed E-state index contributed by atoms with van der Waals surface area (Å²) in [6, 6.07) is 0. The molecule has 0 aliphatic heterocycles. The van der Waals surface area contributed by atoms with Gasteiger partial charge in [0.05, 0.1) is 13.2 Å². The van der Waals surface area contributed by atoms with Gasteiger partial charge in [0.1, 0.15) is 0 Å². The van der Waals surface area contributed by atoms with Crippen LogP contribution in [0, 0.1) is 0 Å². The van der Waals surface area contributed by atoms with Crippen LogP contribution >= 0.6 is 0 Å². The Balaban J connectivity index is 3.44. The predicted molar refractivity (Wildman–Crippen MR) is 110 cm³/mol. The highest BCUT2D eigenvalue weighted by Crippen LogP contribution is 2.01. The number of hydroxylamine groups is 1. The lowest BCUT2D eigenvalue weighted by Gasteiger charge is -2.02. The van der Waals surface area contributed by atoms with Gasteiger partial charge >= 0.3 is 5.97 Å². The molecule has 0 aliphatic rings. The molecule has 0 radical (unpaired) electrons. The molecule has 0 spiro atoms. The van der Waals surface area contributed by atoms with Gasteiger partial charge in [-0.15, -0.1) is 0 Å². The van der Waals surface area contributed by atoms with E-state index >= 15 is 0 Å². The van der Waals surface area contributed by atoms with E-state index in [9.17, 15) is 4.79 Å². The van der Waals surface area contributed by atoms with E-state index in [1.807, 2.05) is 0 Å². The van der Waals surface area contributed by atoms with Crippen molar-refractivity contribution in [3.8, 4) is 0 Å². The van der Waals surface area contributed by atoms with E-state index in [1.54, 1.807) is 0 Å². The van der Waals surface area contributed by atoms with Gasteiger partial charge in [0, 0.05) is 6.42 Å². The van der Waals surface area contributed by atoms with Crippen molar-refractivity contribution in [2.45, 2.75) is 71.1 Å². The minimum absolute atomic E-state index is 0.0461. The predicted octanol–water partition coefficient (Wildman–Crippen LogP) is 5.17. The average molecular weight is 364 g/mol. The van der Waals surface area contributed by atoms with Crippen LogP contribution in [-0.4, -0.2) is 24.2 Å². The maximum Gasteiger partial charge on any atom is 0.324 e. The molecule has 0 unspecified atom stereocenters. The molecule has 0 aromatic carbocycles. The van der Waals surface area contributed by atoms with E-state index in [4.69, 9.17) is 9.94 Å². The summed E-state index contributed by atoms with van der Waals surface area (Å²) >= 11 is 0. The van der Waals surface area contributed by atoms with Crippen LogP contribution in [-0.2, 0) is 9.63 Å². The number of rotatable bonds is 17. The van der Waals surface area contributed by atoms with E-state index in [2.05, 4.69) is 61.0 Å². The first kappa shape index (κ1) is 24.4. The Hall–Kier alpha value is -1.65. The average Bonchev–Trinajstić information content (AvgIpc) is 2.64. The van der Waals surface area contributed by atoms with E-state index in [0.717, 1.165) is 32.1 Å². The maximum absolute atomic E-state index is 11.3. The quantitative estimate of drug-likeness (QED) is 0.213. The summed E-state index contributed by atoms with van der Waals surface area (Å²) in [4.78, 5) is 16.0. The van der Waals surface area contributed by atoms with E-state index in [0.29, 0.717) is 6.42 Å². The highest BCUT2D eigenvalue weighted by Gasteiger charge is 2.00. The Morgan fingerprint density at radius 3 is 1.92 bits per heavy atom. The molecule has 0 aromatic heterocycles. The van der Waals surface area contributed by atoms with Crippen LogP contribution in [0.3, 0.4) is 0 Å². The third-order valence-electron chi connectivity index (χ3n) is 3.61. The van der Waals surface area contributed by atoms with E-state index in [-0.39, 0.29) is 19.1 Å². The normalized spacial score (nSPS) is 12.2. The summed E-state index contributed by atoms with van der Waals surface area (Å²) in [5, 5.41) is 8.54. The minimum atomic E-state index is -0.283. The van der Waals surface area contributed by atoms with Gasteiger partial charge in [-0.2, -0.15) is 5.48 Å². The van der Waals surface area contributed by atoms with Crippen LogP contribution in [0.4, 0.5) is 0 Å². The number of unbranched alkanes of at least 4 members (excludes halogenated alkanes) is 4. The Labute approximate surface area is 159 Å². The molecule has 0 amide bonds. The second-order valence-electron chi connectivity index (χ2n) is 6.07. The summed E-state index contributed by atoms with van der Waals surface area (Å²) in [5.74, 6) is -0.283. The van der Waals surface area contributed by atoms with Crippen LogP contribution in [0.25, 0.3) is 0 Å². The van der Waals surface area contributed by atoms with Crippen molar-refractivity contribution in [3.05, 3.63) is 48.6 Å². The summed E-state index contributed by atoms with van der Waals surface area (Å²) < 4.78 is 0. The van der Waals surface area contributed by atoms with Crippen molar-refractivity contribution in [1.82, 2.24) is 5.48 Å². The fraction of sp³-hybridized carbons (Fsp3) is 0.591. The second-order valence-corrected chi connectivity index (χ2v) is 6.07. The molecule has 2 N–H and O–H groups in total. The van der Waals surface area contributed by atoms with Gasteiger partial charge in [-0.25, -0.2) is 0 Å². The lowest BCUT2D eigenvalue weighted by Crippen LogP contribution is -2.22. The van der Waals surface area contributed by atoms with Crippen molar-refractivity contribution in [2.75, 3.05) is 13.2 Å². The zero-order valence-electron chi connectivity index (χ0n) is 16.4. The molecule has 4 nitrogen and oxygen atoms in total. The van der Waals surface area contributed by atoms with Crippen LogP contribution in [0.2, 0.25) is 0 Å². The van der Waals surface area contributed by atoms with Crippen molar-refractivity contribution in [1.29, 1.82) is 0 Å². The SMILES string of the molecule is CCCCCC=CCC=CCC=CCC=CCCCC(=O)ONCCO. The Morgan fingerprint density at radius 2 is 1.38 bits per heavy atom. The summed E-state index contributed by atoms with van der Waals surface area (Å²) in [5.41, 5.74) is 2.41. The fourth-order valence-corrected chi connectivity index (χ4v) is 2.15. The minimum Gasteiger partial charge on any atom is -0.395 e. The molecule has 0 rings (SSSR count). The van der Waals surface area contributed by atoms with E-state index < -0.39 is 0 Å². The van der Waals surface area contributed by atoms with Crippen molar-refractivity contribution in [3.63, 3.8) is 0 Å². The summed E-state index contributed by atoms with van der Waals surface area (Å²) in [7, 11) is 0. The van der Waals surface area contributed by atoms with Crippen molar-refractivity contribution in [2.24, 2.45) is 0 Å². The molecule has 0 aromatic rings. The number of aliphatic hydroxyl groups is 1. The van der Waals surface area contributed by atoms with Gasteiger partial charge in [0.2, 0.25) is 0 Å². The van der Waals surface area contributed by atoms with Crippen molar-refractivity contribution < 1.29 is 14.7 Å². The van der Waals surface area contributed by atoms with E-state index in [1.165, 1.54) is 25.7 Å². The van der Waals surface area contributed by atoms with Gasteiger partial charge in [-0.1, -0.05) is 68.4 Å². The Morgan fingerprint density at radius 1 is 0.846 bits per heavy atom. The molecule has 0 heterocycles. The number of carbonyl (C=O) groups is 1. The lowest BCUT2D eigenvalue weighted by atomic mass is 10.2. The number of aliphatic hydroxyl groups excluding tert-OH is 1. The summed E-state index contributed by atoms with van der Waals surface area (Å²) in [6.45, 7) is 2.45. The number of hydrogen-bond donors (Lipinski definition) is 2. The standard InChI is InChI=1S/C22H37NO3/c1-2-3-4-5-6-7-8-9-10-11-12-13-14-15-16-17-18-19-22(25)26-23-20-21-24/h6-7,9-10,12-13,15-16,23-24H,2-5,8,11,14,17-21H2,1H3. The van der Waals surface area contributed by atoms with Crippen LogP contribution < -0.4 is 5.48 Å². The van der Waals surface area contributed by atoms with Gasteiger partial charge < -0.3 is 9.94 Å². The number of allylic oxidation sites excluding steroid dienone is 8. The zero-order valence-corrected chi connectivity index (χ0v) is 16.4. The Bertz CT molecular complexity index is 425. The van der Waals surface area contributed by atoms with Crippen LogP contribution in [0.1, 0.15) is 71.1 Å². The molecule has 0 atom stereocenters. The molecule has 0 saturated heterocycles. The molecular weight excluding hydrogens is 326 g/mol. The topological polar surface area (TPSA) is 58.6 Å². The molecule has 148 valence electrons. The Kier molecular flexibility index (Phi) is 20.0.